The van der Waals surface area contributed by atoms with E-state index in [9.17, 15) is 4.79 Å². The molecule has 1 aliphatic heterocycles. The lowest BCUT2D eigenvalue weighted by molar-refractivity contribution is 0.0838. The molecule has 3 N–H and O–H groups in total. The summed E-state index contributed by atoms with van der Waals surface area (Å²) in [5.74, 6) is -0.0981. The zero-order valence-corrected chi connectivity index (χ0v) is 10.2. The highest BCUT2D eigenvalue weighted by molar-refractivity contribution is 5.95. The van der Waals surface area contributed by atoms with Crippen LogP contribution in [0.3, 0.4) is 0 Å². The average molecular weight is 250 g/mol. The maximum Gasteiger partial charge on any atom is 0.251 e. The fraction of sp³-hybridized carbons (Fsp3) is 0.462. The van der Waals surface area contributed by atoms with E-state index in [4.69, 9.17) is 9.84 Å². The Morgan fingerprint density at radius 1 is 1.44 bits per heavy atom. The summed E-state index contributed by atoms with van der Waals surface area (Å²) in [6.45, 7) is 2.11. The summed E-state index contributed by atoms with van der Waals surface area (Å²) < 4.78 is 5.07. The molecule has 1 aromatic carbocycles. The van der Waals surface area contributed by atoms with E-state index in [1.807, 2.05) is 18.2 Å². The van der Waals surface area contributed by atoms with Crippen molar-refractivity contribution in [3.8, 4) is 0 Å². The van der Waals surface area contributed by atoms with Gasteiger partial charge in [0.15, 0.2) is 0 Å². The van der Waals surface area contributed by atoms with Gasteiger partial charge in [-0.05, 0) is 24.1 Å². The second kappa shape index (κ2) is 6.37. The topological polar surface area (TPSA) is 70.6 Å². The van der Waals surface area contributed by atoms with Crippen LogP contribution in [0, 0.1) is 0 Å². The number of aliphatic hydroxyl groups excluding tert-OH is 1. The van der Waals surface area contributed by atoms with Crippen molar-refractivity contribution in [2.75, 3.05) is 38.2 Å². The number of ether oxygens (including phenoxy) is 1. The quantitative estimate of drug-likeness (QED) is 0.639. The SMILES string of the molecule is O=C(NCCOCCO)c1ccc2c(c1)NCC2. The number of benzene rings is 1. The van der Waals surface area contributed by atoms with E-state index in [2.05, 4.69) is 10.6 Å². The molecule has 5 nitrogen and oxygen atoms in total. The maximum absolute atomic E-state index is 11.8. The summed E-state index contributed by atoms with van der Waals surface area (Å²) in [4.78, 5) is 11.8. The Kier molecular flexibility index (Phi) is 4.55. The van der Waals surface area contributed by atoms with Gasteiger partial charge >= 0.3 is 0 Å². The van der Waals surface area contributed by atoms with E-state index in [0.717, 1.165) is 18.7 Å². The number of nitrogens with one attached hydrogen (secondary N) is 2. The molecule has 0 aliphatic carbocycles. The van der Waals surface area contributed by atoms with Gasteiger partial charge in [0.05, 0.1) is 19.8 Å². The van der Waals surface area contributed by atoms with Crippen LogP contribution in [-0.2, 0) is 11.2 Å². The molecule has 18 heavy (non-hydrogen) atoms. The first-order chi connectivity index (χ1) is 8.81. The standard InChI is InChI=1S/C13H18N2O3/c16-6-8-18-7-5-15-13(17)11-2-1-10-3-4-14-12(10)9-11/h1-2,9,14,16H,3-8H2,(H,15,17). The number of rotatable bonds is 6. The minimum Gasteiger partial charge on any atom is -0.394 e. The van der Waals surface area contributed by atoms with Gasteiger partial charge < -0.3 is 20.5 Å². The fourth-order valence-corrected chi connectivity index (χ4v) is 1.94. The van der Waals surface area contributed by atoms with Crippen LogP contribution in [0.5, 0.6) is 0 Å². The fourth-order valence-electron chi connectivity index (χ4n) is 1.94. The van der Waals surface area contributed by atoms with Crippen LogP contribution in [0.1, 0.15) is 15.9 Å². The third-order valence-electron chi connectivity index (χ3n) is 2.85. The Balaban J connectivity index is 1.82. The minimum atomic E-state index is -0.0981. The molecule has 0 saturated carbocycles. The molecule has 0 fully saturated rings. The molecule has 1 amide bonds. The van der Waals surface area contributed by atoms with Crippen LogP contribution in [0.4, 0.5) is 5.69 Å². The Bertz CT molecular complexity index is 421. The summed E-state index contributed by atoms with van der Waals surface area (Å²) in [5, 5.41) is 14.5. The molecular formula is C13H18N2O3. The normalized spacial score (nSPS) is 12.9. The van der Waals surface area contributed by atoms with Gasteiger partial charge in [0.25, 0.3) is 5.91 Å². The number of hydrogen-bond acceptors (Lipinski definition) is 4. The largest absolute Gasteiger partial charge is 0.394 e. The molecule has 98 valence electrons. The van der Waals surface area contributed by atoms with Gasteiger partial charge in [-0.15, -0.1) is 0 Å². The molecule has 0 saturated heterocycles. The number of carbonyl (C=O) groups is 1. The highest BCUT2D eigenvalue weighted by atomic mass is 16.5. The van der Waals surface area contributed by atoms with E-state index in [-0.39, 0.29) is 12.5 Å². The summed E-state index contributed by atoms with van der Waals surface area (Å²) in [7, 11) is 0. The van der Waals surface area contributed by atoms with E-state index in [1.165, 1.54) is 5.56 Å². The first kappa shape index (κ1) is 12.9. The van der Waals surface area contributed by atoms with Crippen molar-refractivity contribution in [3.63, 3.8) is 0 Å². The second-order valence-electron chi connectivity index (χ2n) is 4.14. The van der Waals surface area contributed by atoms with Gasteiger partial charge in [0.1, 0.15) is 0 Å². The Labute approximate surface area is 106 Å². The summed E-state index contributed by atoms with van der Waals surface area (Å²) in [6.07, 6.45) is 1.02. The van der Waals surface area contributed by atoms with Gasteiger partial charge in [-0.25, -0.2) is 0 Å². The number of amides is 1. The summed E-state index contributed by atoms with van der Waals surface area (Å²) in [6, 6.07) is 5.72. The number of hydrogen-bond donors (Lipinski definition) is 3. The van der Waals surface area contributed by atoms with E-state index < -0.39 is 0 Å². The van der Waals surface area contributed by atoms with Crippen LogP contribution < -0.4 is 10.6 Å². The van der Waals surface area contributed by atoms with Gasteiger partial charge in [0, 0.05) is 24.3 Å². The van der Waals surface area contributed by atoms with Crippen molar-refractivity contribution in [1.82, 2.24) is 5.32 Å². The van der Waals surface area contributed by atoms with E-state index in [1.54, 1.807) is 0 Å². The van der Waals surface area contributed by atoms with Crippen molar-refractivity contribution in [3.05, 3.63) is 29.3 Å². The summed E-state index contributed by atoms with van der Waals surface area (Å²) in [5.41, 5.74) is 2.97. The molecule has 0 spiro atoms. The van der Waals surface area contributed by atoms with Crippen LogP contribution in [-0.4, -0.2) is 43.9 Å². The first-order valence-electron chi connectivity index (χ1n) is 6.15. The third-order valence-corrected chi connectivity index (χ3v) is 2.85. The van der Waals surface area contributed by atoms with Crippen molar-refractivity contribution < 1.29 is 14.6 Å². The molecule has 1 heterocycles. The Morgan fingerprint density at radius 3 is 3.17 bits per heavy atom. The van der Waals surface area contributed by atoms with Gasteiger partial charge in [0.2, 0.25) is 0 Å². The van der Waals surface area contributed by atoms with Gasteiger partial charge in [-0.2, -0.15) is 0 Å². The number of anilines is 1. The van der Waals surface area contributed by atoms with Crippen LogP contribution in [0.25, 0.3) is 0 Å². The predicted octanol–water partition coefficient (Wildman–Crippen LogP) is 0.393. The molecule has 0 aromatic heterocycles. The highest BCUT2D eigenvalue weighted by Crippen LogP contribution is 2.22. The molecule has 0 bridgehead atoms. The molecule has 2 rings (SSSR count). The number of carbonyl (C=O) groups excluding carboxylic acids is 1. The molecular weight excluding hydrogens is 232 g/mol. The lowest BCUT2D eigenvalue weighted by atomic mass is 10.1. The zero-order valence-electron chi connectivity index (χ0n) is 10.2. The zero-order chi connectivity index (χ0) is 12.8. The van der Waals surface area contributed by atoms with E-state index >= 15 is 0 Å². The van der Waals surface area contributed by atoms with Gasteiger partial charge in [-0.3, -0.25) is 4.79 Å². The smallest absolute Gasteiger partial charge is 0.251 e. The molecule has 1 aromatic rings. The molecule has 0 radical (unpaired) electrons. The second-order valence-corrected chi connectivity index (χ2v) is 4.14. The lowest BCUT2D eigenvalue weighted by Gasteiger charge is -2.07. The lowest BCUT2D eigenvalue weighted by Crippen LogP contribution is -2.27. The molecule has 1 aliphatic rings. The van der Waals surface area contributed by atoms with Crippen LogP contribution in [0.15, 0.2) is 18.2 Å². The molecule has 0 atom stereocenters. The Hall–Kier alpha value is -1.59. The number of fused-ring (bicyclic) bond motifs is 1. The maximum atomic E-state index is 11.8. The predicted molar refractivity (Wildman–Crippen MR) is 68.9 cm³/mol. The van der Waals surface area contributed by atoms with E-state index in [0.29, 0.717) is 25.3 Å². The monoisotopic (exact) mass is 250 g/mol. The van der Waals surface area contributed by atoms with Crippen molar-refractivity contribution in [1.29, 1.82) is 0 Å². The summed E-state index contributed by atoms with van der Waals surface area (Å²) >= 11 is 0. The van der Waals surface area contributed by atoms with Crippen LogP contribution in [0.2, 0.25) is 0 Å². The van der Waals surface area contributed by atoms with Gasteiger partial charge in [-0.1, -0.05) is 6.07 Å². The average Bonchev–Trinajstić information content (AvgIpc) is 2.85. The number of aliphatic hydroxyl groups is 1. The van der Waals surface area contributed by atoms with Crippen LogP contribution >= 0.6 is 0 Å². The minimum absolute atomic E-state index is 0.00440. The Morgan fingerprint density at radius 2 is 2.33 bits per heavy atom. The first-order valence-corrected chi connectivity index (χ1v) is 6.15. The molecule has 5 heteroatoms. The van der Waals surface area contributed by atoms with Crippen molar-refractivity contribution in [2.24, 2.45) is 0 Å². The molecule has 0 unspecified atom stereocenters. The van der Waals surface area contributed by atoms with Crippen molar-refractivity contribution >= 4 is 11.6 Å². The van der Waals surface area contributed by atoms with Crippen molar-refractivity contribution in [2.45, 2.75) is 6.42 Å². The highest BCUT2D eigenvalue weighted by Gasteiger charge is 2.12. The third kappa shape index (κ3) is 3.21.